The molecule has 1 aromatic carbocycles. The fraction of sp³-hybridized carbons (Fsp3) is 0.500. The van der Waals surface area contributed by atoms with E-state index in [1.807, 2.05) is 38.1 Å². The number of rotatable bonds is 7. The molecule has 0 bridgehead atoms. The van der Waals surface area contributed by atoms with Crippen LogP contribution < -0.4 is 21.3 Å². The molecule has 1 aromatic rings. The van der Waals surface area contributed by atoms with E-state index in [0.29, 0.717) is 25.7 Å². The number of hydrogen-bond acceptors (Lipinski definition) is 4. The molecule has 0 saturated carbocycles. The van der Waals surface area contributed by atoms with Crippen LogP contribution >= 0.6 is 0 Å². The van der Waals surface area contributed by atoms with Crippen molar-refractivity contribution < 1.29 is 9.47 Å². The van der Waals surface area contributed by atoms with Crippen LogP contribution in [-0.4, -0.2) is 38.9 Å². The molecule has 0 amide bonds. The highest BCUT2D eigenvalue weighted by Gasteiger charge is 2.03. The molecule has 20 heavy (non-hydrogen) atoms. The Morgan fingerprint density at radius 1 is 1.45 bits per heavy atom. The van der Waals surface area contributed by atoms with Crippen LogP contribution in [0.2, 0.25) is 0 Å². The molecule has 1 unspecified atom stereocenters. The number of nitrogens with two attached hydrogens (primary N) is 1. The van der Waals surface area contributed by atoms with E-state index in [2.05, 4.69) is 15.7 Å². The lowest BCUT2D eigenvalue weighted by molar-refractivity contribution is 0.179. The summed E-state index contributed by atoms with van der Waals surface area (Å²) in [5, 5.41) is 3.11. The molecule has 4 N–H and O–H groups in total. The van der Waals surface area contributed by atoms with Gasteiger partial charge in [-0.2, -0.15) is 0 Å². The third-order valence-corrected chi connectivity index (χ3v) is 2.56. The van der Waals surface area contributed by atoms with Gasteiger partial charge in [-0.1, -0.05) is 12.1 Å². The minimum Gasteiger partial charge on any atom is -0.492 e. The summed E-state index contributed by atoms with van der Waals surface area (Å²) in [6.07, 6.45) is 0. The van der Waals surface area contributed by atoms with Gasteiger partial charge in [-0.05, 0) is 31.5 Å². The monoisotopic (exact) mass is 280 g/mol. The quantitative estimate of drug-likeness (QED) is 0.226. The molecule has 0 aliphatic heterocycles. The molecule has 6 nitrogen and oxygen atoms in total. The Balaban J connectivity index is 2.34. The van der Waals surface area contributed by atoms with Crippen LogP contribution in [0.3, 0.4) is 0 Å². The van der Waals surface area contributed by atoms with E-state index in [-0.39, 0.29) is 6.04 Å². The molecule has 0 aliphatic carbocycles. The number of aryl methyl sites for hydroxylation is 1. The van der Waals surface area contributed by atoms with E-state index < -0.39 is 0 Å². The van der Waals surface area contributed by atoms with E-state index >= 15 is 0 Å². The van der Waals surface area contributed by atoms with Gasteiger partial charge in [0.15, 0.2) is 0 Å². The number of nitrogens with zero attached hydrogens (tertiary/aromatic N) is 1. The van der Waals surface area contributed by atoms with Gasteiger partial charge in [-0.3, -0.25) is 5.43 Å². The number of hydrazine groups is 1. The molecule has 0 spiro atoms. The second-order valence-corrected chi connectivity index (χ2v) is 4.54. The summed E-state index contributed by atoms with van der Waals surface area (Å²) in [6, 6.07) is 8.05. The molecular weight excluding hydrogens is 256 g/mol. The lowest BCUT2D eigenvalue weighted by Gasteiger charge is -2.15. The number of guanidine groups is 1. The average molecular weight is 280 g/mol. The number of aliphatic imine (C=N–C) groups is 1. The number of methoxy groups -OCH3 is 1. The van der Waals surface area contributed by atoms with Crippen LogP contribution in [0.15, 0.2) is 29.3 Å². The van der Waals surface area contributed by atoms with Gasteiger partial charge in [-0.25, -0.2) is 10.8 Å². The molecule has 0 aromatic heterocycles. The summed E-state index contributed by atoms with van der Waals surface area (Å²) in [5.74, 6) is 6.79. The van der Waals surface area contributed by atoms with Gasteiger partial charge in [0.25, 0.3) is 0 Å². The first-order valence-corrected chi connectivity index (χ1v) is 6.61. The molecule has 0 fully saturated rings. The lowest BCUT2D eigenvalue weighted by Crippen LogP contribution is -2.47. The van der Waals surface area contributed by atoms with Crippen molar-refractivity contribution in [1.29, 1.82) is 0 Å². The summed E-state index contributed by atoms with van der Waals surface area (Å²) in [6.45, 7) is 5.61. The van der Waals surface area contributed by atoms with Crippen LogP contribution in [0.25, 0.3) is 0 Å². The first-order valence-electron chi connectivity index (χ1n) is 6.61. The summed E-state index contributed by atoms with van der Waals surface area (Å²) in [7, 11) is 1.65. The van der Waals surface area contributed by atoms with Crippen LogP contribution in [0, 0.1) is 6.92 Å². The molecule has 6 heteroatoms. The van der Waals surface area contributed by atoms with E-state index in [4.69, 9.17) is 15.3 Å². The SMILES string of the molecule is COCC(C)NC(=NCCOc1cccc(C)c1)NN. The topological polar surface area (TPSA) is 80.9 Å². The second-order valence-electron chi connectivity index (χ2n) is 4.54. The lowest BCUT2D eigenvalue weighted by atomic mass is 10.2. The minimum absolute atomic E-state index is 0.132. The second kappa shape index (κ2) is 9.17. The first-order chi connectivity index (χ1) is 9.65. The van der Waals surface area contributed by atoms with Crippen LogP contribution in [-0.2, 0) is 4.74 Å². The average Bonchev–Trinajstić information content (AvgIpc) is 2.42. The molecule has 0 saturated heterocycles. The summed E-state index contributed by atoms with van der Waals surface area (Å²) < 4.78 is 10.6. The van der Waals surface area contributed by atoms with Gasteiger partial charge < -0.3 is 14.8 Å². The number of ether oxygens (including phenoxy) is 2. The Bertz CT molecular complexity index is 423. The fourth-order valence-electron chi connectivity index (χ4n) is 1.68. The van der Waals surface area contributed by atoms with Gasteiger partial charge in [0.1, 0.15) is 12.4 Å². The first kappa shape index (κ1) is 16.3. The van der Waals surface area contributed by atoms with Gasteiger partial charge in [0.2, 0.25) is 5.96 Å². The maximum atomic E-state index is 5.61. The molecule has 112 valence electrons. The molecule has 0 heterocycles. The summed E-state index contributed by atoms with van der Waals surface area (Å²) in [5.41, 5.74) is 3.70. The third kappa shape index (κ3) is 6.40. The molecule has 1 rings (SSSR count). The normalized spacial score (nSPS) is 12.9. The Labute approximate surface area is 120 Å². The molecular formula is C14H24N4O2. The fourth-order valence-corrected chi connectivity index (χ4v) is 1.68. The van der Waals surface area contributed by atoms with Gasteiger partial charge in [-0.15, -0.1) is 0 Å². The van der Waals surface area contributed by atoms with E-state index in [9.17, 15) is 0 Å². The van der Waals surface area contributed by atoms with E-state index in [1.54, 1.807) is 7.11 Å². The number of hydrogen-bond donors (Lipinski definition) is 3. The Hall–Kier alpha value is -1.79. The van der Waals surface area contributed by atoms with E-state index in [0.717, 1.165) is 5.75 Å². The van der Waals surface area contributed by atoms with Gasteiger partial charge in [0.05, 0.1) is 13.2 Å². The smallest absolute Gasteiger partial charge is 0.206 e. The Kier molecular flexibility index (Phi) is 7.46. The van der Waals surface area contributed by atoms with E-state index in [1.165, 1.54) is 5.56 Å². The van der Waals surface area contributed by atoms with Gasteiger partial charge >= 0.3 is 0 Å². The largest absolute Gasteiger partial charge is 0.492 e. The third-order valence-electron chi connectivity index (χ3n) is 2.56. The zero-order chi connectivity index (χ0) is 14.8. The predicted octanol–water partition coefficient (Wildman–Crippen LogP) is 0.818. The summed E-state index contributed by atoms with van der Waals surface area (Å²) >= 11 is 0. The van der Waals surface area contributed by atoms with Crippen molar-refractivity contribution in [3.8, 4) is 5.75 Å². The van der Waals surface area contributed by atoms with Crippen molar-refractivity contribution in [2.75, 3.05) is 26.9 Å². The standard InChI is InChI=1S/C14H24N4O2/c1-11-5-4-6-13(9-11)20-8-7-16-14(18-15)17-12(2)10-19-3/h4-6,9,12H,7-8,10,15H2,1-3H3,(H2,16,17,18). The van der Waals surface area contributed by atoms with Crippen molar-refractivity contribution in [2.45, 2.75) is 19.9 Å². The van der Waals surface area contributed by atoms with Crippen molar-refractivity contribution in [1.82, 2.24) is 10.7 Å². The van der Waals surface area contributed by atoms with Crippen molar-refractivity contribution in [3.05, 3.63) is 29.8 Å². The maximum Gasteiger partial charge on any atom is 0.206 e. The van der Waals surface area contributed by atoms with Crippen molar-refractivity contribution in [3.63, 3.8) is 0 Å². The number of nitrogens with one attached hydrogen (secondary N) is 2. The van der Waals surface area contributed by atoms with Crippen LogP contribution in [0.4, 0.5) is 0 Å². The van der Waals surface area contributed by atoms with Crippen molar-refractivity contribution >= 4 is 5.96 Å². The highest BCUT2D eigenvalue weighted by Crippen LogP contribution is 2.11. The zero-order valence-corrected chi connectivity index (χ0v) is 12.3. The predicted molar refractivity (Wildman–Crippen MR) is 80.8 cm³/mol. The Morgan fingerprint density at radius 3 is 2.90 bits per heavy atom. The molecule has 1 atom stereocenters. The number of benzene rings is 1. The van der Waals surface area contributed by atoms with Crippen LogP contribution in [0.5, 0.6) is 5.75 Å². The van der Waals surface area contributed by atoms with Gasteiger partial charge in [0, 0.05) is 13.2 Å². The van der Waals surface area contributed by atoms with Crippen LogP contribution in [0.1, 0.15) is 12.5 Å². The van der Waals surface area contributed by atoms with Crippen molar-refractivity contribution in [2.24, 2.45) is 10.8 Å². The maximum absolute atomic E-state index is 5.61. The molecule has 0 aliphatic rings. The molecule has 0 radical (unpaired) electrons. The summed E-state index contributed by atoms with van der Waals surface area (Å²) in [4.78, 5) is 4.29. The highest BCUT2D eigenvalue weighted by molar-refractivity contribution is 5.79. The minimum atomic E-state index is 0.132. The zero-order valence-electron chi connectivity index (χ0n) is 12.3. The highest BCUT2D eigenvalue weighted by atomic mass is 16.5. The Morgan fingerprint density at radius 2 is 2.25 bits per heavy atom.